The van der Waals surface area contributed by atoms with Crippen LogP contribution in [0.5, 0.6) is 5.75 Å². The van der Waals surface area contributed by atoms with Gasteiger partial charge in [-0.15, -0.1) is 0 Å². The number of ether oxygens (including phenoxy) is 1. The summed E-state index contributed by atoms with van der Waals surface area (Å²) in [5, 5.41) is 6.58. The Morgan fingerprint density at radius 1 is 0.920 bits per heavy atom. The standard InChI is InChI=1S/C20H22N4O/c1-25-18-9-5-8-16(14-18)10-12-21-20-22-13-11-19(24-20)23-15-17-6-3-2-4-7-17/h2-9,11,13-14H,10,12,15H2,1H3,(H2,21,22,23,24). The number of aromatic nitrogens is 2. The maximum atomic E-state index is 5.25. The first-order valence-corrected chi connectivity index (χ1v) is 8.31. The predicted molar refractivity (Wildman–Crippen MR) is 101 cm³/mol. The van der Waals surface area contributed by atoms with Gasteiger partial charge in [-0.3, -0.25) is 0 Å². The fraction of sp³-hybridized carbons (Fsp3) is 0.200. The van der Waals surface area contributed by atoms with Crippen LogP contribution in [0.25, 0.3) is 0 Å². The number of rotatable bonds is 8. The zero-order valence-corrected chi connectivity index (χ0v) is 14.3. The van der Waals surface area contributed by atoms with E-state index in [4.69, 9.17) is 4.74 Å². The molecule has 0 spiro atoms. The number of nitrogens with one attached hydrogen (secondary N) is 2. The van der Waals surface area contributed by atoms with E-state index in [1.54, 1.807) is 13.3 Å². The minimum absolute atomic E-state index is 0.626. The summed E-state index contributed by atoms with van der Waals surface area (Å²) < 4.78 is 5.25. The van der Waals surface area contributed by atoms with Crippen LogP contribution >= 0.6 is 0 Å². The molecule has 5 nitrogen and oxygen atoms in total. The van der Waals surface area contributed by atoms with Gasteiger partial charge in [0.05, 0.1) is 7.11 Å². The number of benzene rings is 2. The molecule has 0 atom stereocenters. The van der Waals surface area contributed by atoms with Crippen molar-refractivity contribution < 1.29 is 4.74 Å². The van der Waals surface area contributed by atoms with Crippen molar-refractivity contribution >= 4 is 11.8 Å². The molecule has 2 N–H and O–H groups in total. The minimum Gasteiger partial charge on any atom is -0.497 e. The van der Waals surface area contributed by atoms with Gasteiger partial charge in [0.25, 0.3) is 0 Å². The zero-order valence-electron chi connectivity index (χ0n) is 14.3. The molecule has 0 bridgehead atoms. The smallest absolute Gasteiger partial charge is 0.224 e. The lowest BCUT2D eigenvalue weighted by Gasteiger charge is -2.09. The summed E-state index contributed by atoms with van der Waals surface area (Å²) in [6.07, 6.45) is 2.64. The summed E-state index contributed by atoms with van der Waals surface area (Å²) in [7, 11) is 1.68. The molecule has 0 saturated heterocycles. The second-order valence-electron chi connectivity index (χ2n) is 5.63. The van der Waals surface area contributed by atoms with Crippen molar-refractivity contribution in [3.8, 4) is 5.75 Å². The van der Waals surface area contributed by atoms with Crippen LogP contribution in [0.15, 0.2) is 66.9 Å². The molecular weight excluding hydrogens is 312 g/mol. The van der Waals surface area contributed by atoms with Crippen molar-refractivity contribution in [1.82, 2.24) is 9.97 Å². The predicted octanol–water partition coefficient (Wildman–Crippen LogP) is 3.75. The van der Waals surface area contributed by atoms with Crippen LogP contribution in [-0.2, 0) is 13.0 Å². The summed E-state index contributed by atoms with van der Waals surface area (Å²) in [6.45, 7) is 1.50. The molecule has 5 heteroatoms. The third kappa shape index (κ3) is 5.21. The summed E-state index contributed by atoms with van der Waals surface area (Å²) >= 11 is 0. The van der Waals surface area contributed by atoms with Crippen molar-refractivity contribution in [3.05, 3.63) is 78.0 Å². The van der Waals surface area contributed by atoms with Gasteiger partial charge >= 0.3 is 0 Å². The molecule has 0 aliphatic rings. The molecule has 2 aromatic carbocycles. The largest absolute Gasteiger partial charge is 0.497 e. The van der Waals surface area contributed by atoms with E-state index in [0.717, 1.165) is 31.1 Å². The van der Waals surface area contributed by atoms with Gasteiger partial charge in [-0.1, -0.05) is 42.5 Å². The monoisotopic (exact) mass is 334 g/mol. The maximum absolute atomic E-state index is 5.25. The Morgan fingerprint density at radius 2 is 1.76 bits per heavy atom. The molecule has 0 radical (unpaired) electrons. The molecule has 0 aliphatic carbocycles. The van der Waals surface area contributed by atoms with E-state index in [0.29, 0.717) is 5.95 Å². The minimum atomic E-state index is 0.626. The van der Waals surface area contributed by atoms with Crippen LogP contribution in [0.1, 0.15) is 11.1 Å². The Labute approximate surface area is 148 Å². The summed E-state index contributed by atoms with van der Waals surface area (Å²) in [5.41, 5.74) is 2.43. The molecule has 128 valence electrons. The zero-order chi connectivity index (χ0) is 17.3. The lowest BCUT2D eigenvalue weighted by Crippen LogP contribution is -2.09. The summed E-state index contributed by atoms with van der Waals surface area (Å²) in [6, 6.07) is 20.2. The number of hydrogen-bond acceptors (Lipinski definition) is 5. The van der Waals surface area contributed by atoms with Crippen molar-refractivity contribution in [2.45, 2.75) is 13.0 Å². The van der Waals surface area contributed by atoms with Gasteiger partial charge in [0, 0.05) is 19.3 Å². The lowest BCUT2D eigenvalue weighted by molar-refractivity contribution is 0.414. The fourth-order valence-corrected chi connectivity index (χ4v) is 2.48. The van der Waals surface area contributed by atoms with Crippen molar-refractivity contribution in [3.63, 3.8) is 0 Å². The Morgan fingerprint density at radius 3 is 2.60 bits per heavy atom. The van der Waals surface area contributed by atoms with Crippen LogP contribution < -0.4 is 15.4 Å². The Hall–Kier alpha value is -3.08. The van der Waals surface area contributed by atoms with E-state index < -0.39 is 0 Å². The average Bonchev–Trinajstić information content (AvgIpc) is 2.68. The number of nitrogens with zero attached hydrogens (tertiary/aromatic N) is 2. The Balaban J connectivity index is 1.51. The average molecular weight is 334 g/mol. The first-order valence-electron chi connectivity index (χ1n) is 8.31. The highest BCUT2D eigenvalue weighted by atomic mass is 16.5. The van der Waals surface area contributed by atoms with Crippen LogP contribution in [-0.4, -0.2) is 23.6 Å². The molecule has 0 amide bonds. The van der Waals surface area contributed by atoms with E-state index >= 15 is 0 Å². The van der Waals surface area contributed by atoms with Crippen LogP contribution in [0.4, 0.5) is 11.8 Å². The summed E-state index contributed by atoms with van der Waals surface area (Å²) in [5.74, 6) is 2.31. The highest BCUT2D eigenvalue weighted by Gasteiger charge is 2.01. The molecule has 0 unspecified atom stereocenters. The van der Waals surface area contributed by atoms with E-state index in [1.165, 1.54) is 11.1 Å². The normalized spacial score (nSPS) is 10.3. The third-order valence-corrected chi connectivity index (χ3v) is 3.80. The number of hydrogen-bond donors (Lipinski definition) is 2. The van der Waals surface area contributed by atoms with Gasteiger partial charge in [-0.2, -0.15) is 4.98 Å². The molecule has 0 saturated carbocycles. The topological polar surface area (TPSA) is 59.1 Å². The quantitative estimate of drug-likeness (QED) is 0.657. The molecule has 3 rings (SSSR count). The first-order chi connectivity index (χ1) is 12.3. The first kappa shape index (κ1) is 16.8. The maximum Gasteiger partial charge on any atom is 0.224 e. The van der Waals surface area contributed by atoms with Gasteiger partial charge < -0.3 is 15.4 Å². The van der Waals surface area contributed by atoms with Crippen LogP contribution in [0.2, 0.25) is 0 Å². The molecule has 1 aromatic heterocycles. The van der Waals surface area contributed by atoms with E-state index in [2.05, 4.69) is 38.8 Å². The van der Waals surface area contributed by atoms with Gasteiger partial charge in [0.15, 0.2) is 0 Å². The van der Waals surface area contributed by atoms with Gasteiger partial charge in [0.2, 0.25) is 5.95 Å². The molecule has 0 aliphatic heterocycles. The van der Waals surface area contributed by atoms with E-state index in [9.17, 15) is 0 Å². The third-order valence-electron chi connectivity index (χ3n) is 3.80. The Bertz CT molecular complexity index is 792. The van der Waals surface area contributed by atoms with Gasteiger partial charge in [-0.25, -0.2) is 4.98 Å². The van der Waals surface area contributed by atoms with Crippen molar-refractivity contribution in [2.24, 2.45) is 0 Å². The highest BCUT2D eigenvalue weighted by Crippen LogP contribution is 2.13. The summed E-state index contributed by atoms with van der Waals surface area (Å²) in [4.78, 5) is 8.77. The Kier molecular flexibility index (Phi) is 5.82. The van der Waals surface area contributed by atoms with Crippen molar-refractivity contribution in [2.75, 3.05) is 24.3 Å². The highest BCUT2D eigenvalue weighted by molar-refractivity contribution is 5.40. The lowest BCUT2D eigenvalue weighted by atomic mass is 10.1. The molecule has 1 heterocycles. The van der Waals surface area contributed by atoms with Crippen LogP contribution in [0, 0.1) is 0 Å². The molecule has 0 fully saturated rings. The van der Waals surface area contributed by atoms with Crippen LogP contribution in [0.3, 0.4) is 0 Å². The second-order valence-corrected chi connectivity index (χ2v) is 5.63. The van der Waals surface area contributed by atoms with Gasteiger partial charge in [0.1, 0.15) is 11.6 Å². The number of anilines is 2. The fourth-order valence-electron chi connectivity index (χ4n) is 2.48. The molecular formula is C20H22N4O. The van der Waals surface area contributed by atoms with Gasteiger partial charge in [-0.05, 0) is 35.7 Å². The second kappa shape index (κ2) is 8.68. The number of methoxy groups -OCH3 is 1. The molecule has 25 heavy (non-hydrogen) atoms. The molecule has 3 aromatic rings. The van der Waals surface area contributed by atoms with E-state index in [1.807, 2.05) is 42.5 Å². The van der Waals surface area contributed by atoms with Crippen molar-refractivity contribution in [1.29, 1.82) is 0 Å². The van der Waals surface area contributed by atoms with E-state index in [-0.39, 0.29) is 0 Å². The SMILES string of the molecule is COc1cccc(CCNc2nccc(NCc3ccccc3)n2)c1.